The summed E-state index contributed by atoms with van der Waals surface area (Å²) < 4.78 is 48.2. The molecular weight excluding hydrogens is 441 g/mol. The molecule has 2 atom stereocenters. The molecule has 1 aliphatic carbocycles. The van der Waals surface area contributed by atoms with E-state index < -0.39 is 22.8 Å². The molecule has 0 fully saturated rings. The van der Waals surface area contributed by atoms with E-state index in [9.17, 15) is 18.0 Å². The number of amides is 1. The van der Waals surface area contributed by atoms with E-state index in [1.54, 1.807) is 0 Å². The van der Waals surface area contributed by atoms with Crippen LogP contribution in [-0.4, -0.2) is 16.1 Å². The Morgan fingerprint density at radius 1 is 1.15 bits per heavy atom. The molecule has 186 valence electrons. The van der Waals surface area contributed by atoms with Crippen LogP contribution in [-0.2, 0) is 17.5 Å². The van der Waals surface area contributed by atoms with Gasteiger partial charge >= 0.3 is 6.18 Å². The van der Waals surface area contributed by atoms with Gasteiger partial charge in [-0.1, -0.05) is 26.0 Å². The van der Waals surface area contributed by atoms with Gasteiger partial charge in [0.2, 0.25) is 5.91 Å². The Morgan fingerprint density at radius 3 is 2.29 bits per heavy atom. The average molecular weight is 477 g/mol. The van der Waals surface area contributed by atoms with Crippen molar-refractivity contribution in [1.82, 2.24) is 9.88 Å². The van der Waals surface area contributed by atoms with Crippen molar-refractivity contribution in [2.24, 2.45) is 11.3 Å². The zero-order valence-corrected chi connectivity index (χ0v) is 21.0. The number of aromatic nitrogens is 1. The third kappa shape index (κ3) is 5.34. The number of hydrogen-bond acceptors (Lipinski definition) is 2. The van der Waals surface area contributed by atoms with Crippen molar-refractivity contribution >= 4 is 5.91 Å². The number of nitrogens with one attached hydrogen (secondary N) is 1. The van der Waals surface area contributed by atoms with Crippen LogP contribution in [0.2, 0.25) is 0 Å². The van der Waals surface area contributed by atoms with Gasteiger partial charge in [-0.2, -0.15) is 13.2 Å². The lowest BCUT2D eigenvalue weighted by atomic mass is 9.75. The van der Waals surface area contributed by atoms with Crippen LogP contribution in [0.4, 0.5) is 13.2 Å². The van der Waals surface area contributed by atoms with Gasteiger partial charge in [0.1, 0.15) is 11.4 Å². The molecule has 1 aliphatic rings. The van der Waals surface area contributed by atoms with Crippen LogP contribution in [0.25, 0.3) is 0 Å². The third-order valence-electron chi connectivity index (χ3n) is 6.52. The number of carbonyl (C=O) groups is 1. The molecule has 2 unspecified atom stereocenters. The summed E-state index contributed by atoms with van der Waals surface area (Å²) in [4.78, 5) is 13.5. The zero-order chi connectivity index (χ0) is 25.5. The Labute approximate surface area is 200 Å². The van der Waals surface area contributed by atoms with Gasteiger partial charge in [0.25, 0.3) is 0 Å². The molecule has 1 heterocycles. The molecule has 7 heteroatoms. The minimum absolute atomic E-state index is 0.0109. The third-order valence-corrected chi connectivity index (χ3v) is 6.52. The monoisotopic (exact) mass is 476 g/mol. The lowest BCUT2D eigenvalue weighted by Gasteiger charge is -2.32. The summed E-state index contributed by atoms with van der Waals surface area (Å²) in [6, 6.07) is 7.57. The van der Waals surface area contributed by atoms with E-state index in [0.29, 0.717) is 17.7 Å². The second-order valence-corrected chi connectivity index (χ2v) is 10.5. The first kappa shape index (κ1) is 25.9. The molecule has 0 spiro atoms. The number of halogens is 3. The summed E-state index contributed by atoms with van der Waals surface area (Å²) in [6.45, 7) is 13.5. The molecule has 0 radical (unpaired) electrons. The second kappa shape index (κ2) is 9.16. The molecule has 0 aliphatic heterocycles. The summed E-state index contributed by atoms with van der Waals surface area (Å²) in [5.74, 6) is 0.150. The van der Waals surface area contributed by atoms with E-state index in [2.05, 4.69) is 28.1 Å². The van der Waals surface area contributed by atoms with Crippen molar-refractivity contribution in [2.45, 2.75) is 79.3 Å². The van der Waals surface area contributed by atoms with Crippen molar-refractivity contribution in [3.05, 3.63) is 65.0 Å². The smallest absolute Gasteiger partial charge is 0.416 e. The standard InChI is InChI=1S/C27H35F3N2O2/c1-17(2)26(13-12-22(15-26)32-18(3)8-9-19(32)4)24(33)31-16-20-14-21(27(28,29)30)10-11-23(20)34-25(5,6)7/h8-14,17,22H,15-16H2,1-7H3,(H,31,33). The van der Waals surface area contributed by atoms with Crippen LogP contribution in [0, 0.1) is 25.2 Å². The molecule has 1 aromatic carbocycles. The molecule has 0 saturated carbocycles. The number of nitrogens with zero attached hydrogens (tertiary/aromatic N) is 1. The van der Waals surface area contributed by atoms with Crippen LogP contribution >= 0.6 is 0 Å². The fourth-order valence-corrected chi connectivity index (χ4v) is 4.67. The highest BCUT2D eigenvalue weighted by Crippen LogP contribution is 2.45. The quantitative estimate of drug-likeness (QED) is 0.468. The van der Waals surface area contributed by atoms with Crippen molar-refractivity contribution in [1.29, 1.82) is 0 Å². The van der Waals surface area contributed by atoms with Crippen molar-refractivity contribution in [2.75, 3.05) is 0 Å². The van der Waals surface area contributed by atoms with Gasteiger partial charge in [0, 0.05) is 23.5 Å². The van der Waals surface area contributed by atoms with Gasteiger partial charge in [0.05, 0.1) is 17.0 Å². The second-order valence-electron chi connectivity index (χ2n) is 10.5. The Balaban J connectivity index is 1.85. The van der Waals surface area contributed by atoms with Crippen LogP contribution in [0.3, 0.4) is 0 Å². The number of rotatable bonds is 6. The summed E-state index contributed by atoms with van der Waals surface area (Å²) in [6.07, 6.45) is 0.153. The minimum Gasteiger partial charge on any atom is -0.488 e. The van der Waals surface area contributed by atoms with Gasteiger partial charge in [-0.05, 0) is 77.3 Å². The average Bonchev–Trinajstić information content (AvgIpc) is 3.29. The lowest BCUT2D eigenvalue weighted by molar-refractivity contribution is -0.137. The van der Waals surface area contributed by atoms with E-state index in [1.165, 1.54) is 6.07 Å². The van der Waals surface area contributed by atoms with Crippen LogP contribution < -0.4 is 10.1 Å². The highest BCUT2D eigenvalue weighted by Gasteiger charge is 2.44. The number of carbonyl (C=O) groups excluding carboxylic acids is 1. The maximum absolute atomic E-state index is 13.5. The minimum atomic E-state index is -4.48. The zero-order valence-electron chi connectivity index (χ0n) is 21.0. The Morgan fingerprint density at radius 2 is 1.76 bits per heavy atom. The molecule has 1 aromatic heterocycles. The number of hydrogen-bond donors (Lipinski definition) is 1. The van der Waals surface area contributed by atoms with Gasteiger partial charge in [-0.25, -0.2) is 0 Å². The van der Waals surface area contributed by atoms with Gasteiger partial charge < -0.3 is 14.6 Å². The summed E-state index contributed by atoms with van der Waals surface area (Å²) >= 11 is 0. The Bertz CT molecular complexity index is 1060. The van der Waals surface area contributed by atoms with Crippen molar-refractivity contribution in [3.63, 3.8) is 0 Å². The molecule has 3 rings (SSSR count). The molecule has 1 amide bonds. The summed E-state index contributed by atoms with van der Waals surface area (Å²) in [7, 11) is 0. The molecule has 4 nitrogen and oxygen atoms in total. The normalized spacial score (nSPS) is 20.7. The molecule has 0 bridgehead atoms. The largest absolute Gasteiger partial charge is 0.488 e. The number of aryl methyl sites for hydroxylation is 2. The van der Waals surface area contributed by atoms with Crippen LogP contribution in [0.5, 0.6) is 5.75 Å². The highest BCUT2D eigenvalue weighted by molar-refractivity contribution is 5.85. The van der Waals surface area contributed by atoms with E-state index in [4.69, 9.17) is 4.74 Å². The van der Waals surface area contributed by atoms with Crippen LogP contribution in [0.1, 0.15) is 69.6 Å². The van der Waals surface area contributed by atoms with E-state index in [1.807, 2.05) is 54.5 Å². The van der Waals surface area contributed by atoms with Gasteiger partial charge in [-0.3, -0.25) is 4.79 Å². The summed E-state index contributed by atoms with van der Waals surface area (Å²) in [5.41, 5.74) is 0.440. The Hall–Kier alpha value is -2.70. The van der Waals surface area contributed by atoms with Gasteiger partial charge in [-0.15, -0.1) is 0 Å². The Kier molecular flexibility index (Phi) is 6.98. The topological polar surface area (TPSA) is 43.3 Å². The maximum Gasteiger partial charge on any atom is 0.416 e. The fourth-order valence-electron chi connectivity index (χ4n) is 4.67. The first-order chi connectivity index (χ1) is 15.6. The number of ether oxygens (including phenoxy) is 1. The van der Waals surface area contributed by atoms with Crippen LogP contribution in [0.15, 0.2) is 42.5 Å². The number of allylic oxidation sites excluding steroid dienone is 1. The molecule has 1 N–H and O–H groups in total. The van der Waals surface area contributed by atoms with E-state index in [-0.39, 0.29) is 24.4 Å². The predicted molar refractivity (Wildman–Crippen MR) is 128 cm³/mol. The molecular formula is C27H35F3N2O2. The lowest BCUT2D eigenvalue weighted by Crippen LogP contribution is -2.42. The first-order valence-corrected chi connectivity index (χ1v) is 11.7. The number of benzene rings is 1. The van der Waals surface area contributed by atoms with Crippen molar-refractivity contribution < 1.29 is 22.7 Å². The van der Waals surface area contributed by atoms with Gasteiger partial charge in [0.15, 0.2) is 0 Å². The van der Waals surface area contributed by atoms with E-state index in [0.717, 1.165) is 23.5 Å². The number of alkyl halides is 3. The first-order valence-electron chi connectivity index (χ1n) is 11.7. The fraction of sp³-hybridized carbons (Fsp3) is 0.519. The molecule has 0 saturated heterocycles. The van der Waals surface area contributed by atoms with Crippen molar-refractivity contribution in [3.8, 4) is 5.75 Å². The SMILES string of the molecule is Cc1ccc(C)n1C1C=CC(C(=O)NCc2cc(C(F)(F)F)ccc2OC(C)(C)C)(C(C)C)C1. The highest BCUT2D eigenvalue weighted by atomic mass is 19.4. The summed E-state index contributed by atoms with van der Waals surface area (Å²) in [5, 5.41) is 2.92. The predicted octanol–water partition coefficient (Wildman–Crippen LogP) is 6.76. The maximum atomic E-state index is 13.5. The molecule has 2 aromatic rings. The molecule has 34 heavy (non-hydrogen) atoms. The van der Waals surface area contributed by atoms with E-state index >= 15 is 0 Å².